The van der Waals surface area contributed by atoms with Gasteiger partial charge in [-0.05, 0) is 68.8 Å². The minimum absolute atomic E-state index is 0.226. The summed E-state index contributed by atoms with van der Waals surface area (Å²) in [6.07, 6.45) is 1.60. The Labute approximate surface area is 197 Å². The van der Waals surface area contributed by atoms with E-state index in [9.17, 15) is 14.4 Å². The van der Waals surface area contributed by atoms with Crippen LogP contribution in [0.25, 0.3) is 6.08 Å². The first-order chi connectivity index (χ1) is 15.7. The second kappa shape index (κ2) is 10.6. The van der Waals surface area contributed by atoms with Crippen molar-refractivity contribution in [2.75, 3.05) is 13.2 Å². The van der Waals surface area contributed by atoms with Gasteiger partial charge in [-0.1, -0.05) is 36.4 Å². The fourth-order valence-electron chi connectivity index (χ4n) is 3.03. The van der Waals surface area contributed by atoms with Crippen LogP contribution in [0.2, 0.25) is 0 Å². The van der Waals surface area contributed by atoms with Crippen molar-refractivity contribution in [3.8, 4) is 11.5 Å². The molecule has 1 fully saturated rings. The van der Waals surface area contributed by atoms with E-state index in [-0.39, 0.29) is 4.91 Å². The zero-order valence-electron chi connectivity index (χ0n) is 19.1. The molecule has 8 heteroatoms. The molecule has 0 radical (unpaired) electrons. The van der Waals surface area contributed by atoms with Crippen LogP contribution in [0.4, 0.5) is 4.79 Å². The van der Waals surface area contributed by atoms with Gasteiger partial charge < -0.3 is 14.2 Å². The van der Waals surface area contributed by atoms with Crippen LogP contribution in [0.3, 0.4) is 0 Å². The fourth-order valence-corrected chi connectivity index (χ4v) is 3.87. The molecule has 3 rings (SSSR count). The maximum atomic E-state index is 12.7. The number of rotatable bonds is 8. The highest BCUT2D eigenvalue weighted by Gasteiger charge is 2.37. The molecule has 1 heterocycles. The normalized spacial score (nSPS) is 15.2. The molecule has 2 aromatic carbocycles. The Hall–Kier alpha value is -3.26. The van der Waals surface area contributed by atoms with E-state index in [0.717, 1.165) is 22.2 Å². The van der Waals surface area contributed by atoms with Crippen molar-refractivity contribution >= 4 is 35.0 Å². The Morgan fingerprint density at radius 2 is 1.76 bits per heavy atom. The second-order valence-corrected chi connectivity index (χ2v) is 9.26. The molecule has 0 aromatic heterocycles. The molecular formula is C25H27NO6S. The van der Waals surface area contributed by atoms with Gasteiger partial charge in [0.25, 0.3) is 11.1 Å². The molecule has 0 spiro atoms. The molecule has 0 N–H and O–H groups in total. The molecule has 7 nitrogen and oxygen atoms in total. The number of thioether (sulfide) groups is 1. The van der Waals surface area contributed by atoms with E-state index in [1.807, 2.05) is 37.3 Å². The smallest absolute Gasteiger partial charge is 0.326 e. The highest BCUT2D eigenvalue weighted by molar-refractivity contribution is 8.18. The van der Waals surface area contributed by atoms with Gasteiger partial charge in [-0.2, -0.15) is 0 Å². The average molecular weight is 470 g/mol. The van der Waals surface area contributed by atoms with Crippen LogP contribution in [0.15, 0.2) is 53.4 Å². The van der Waals surface area contributed by atoms with Gasteiger partial charge >= 0.3 is 5.97 Å². The van der Waals surface area contributed by atoms with Crippen LogP contribution < -0.4 is 9.47 Å². The number of carbonyl (C=O) groups excluding carboxylic acids is 3. The summed E-state index contributed by atoms with van der Waals surface area (Å²) in [5, 5.41) is -0.509. The second-order valence-electron chi connectivity index (χ2n) is 8.27. The number of imide groups is 1. The van der Waals surface area contributed by atoms with E-state index in [2.05, 4.69) is 0 Å². The van der Waals surface area contributed by atoms with E-state index in [1.165, 1.54) is 0 Å². The van der Waals surface area contributed by atoms with Crippen molar-refractivity contribution in [1.82, 2.24) is 4.90 Å². The van der Waals surface area contributed by atoms with Gasteiger partial charge in [0, 0.05) is 0 Å². The molecule has 2 aromatic rings. The summed E-state index contributed by atoms with van der Waals surface area (Å²) in [6.45, 7) is 7.46. The predicted octanol–water partition coefficient (Wildman–Crippen LogP) is 5.04. The van der Waals surface area contributed by atoms with Gasteiger partial charge in [0.1, 0.15) is 18.8 Å². The quantitative estimate of drug-likeness (QED) is 0.396. The van der Waals surface area contributed by atoms with E-state index in [0.29, 0.717) is 30.3 Å². The van der Waals surface area contributed by atoms with Crippen LogP contribution in [0, 0.1) is 0 Å². The number of carbonyl (C=O) groups is 3. The molecule has 0 unspecified atom stereocenters. The number of hydrogen-bond donors (Lipinski definition) is 0. The summed E-state index contributed by atoms with van der Waals surface area (Å²) in [5.41, 5.74) is 1.00. The Bertz CT molecular complexity index is 1060. The Morgan fingerprint density at radius 1 is 1.03 bits per heavy atom. The minimum atomic E-state index is -0.700. The standard InChI is InChI=1S/C25H27NO6S/c1-5-30-20-13-18(11-12-19(20)31-16-17-9-7-6-8-10-17)14-21-23(28)26(24(29)33-21)15-22(27)32-25(2,3)4/h6-14H,5,15-16H2,1-4H3. The fraction of sp³-hybridized carbons (Fsp3) is 0.320. The molecule has 0 atom stereocenters. The lowest BCUT2D eigenvalue weighted by Gasteiger charge is -2.21. The third-order valence-electron chi connectivity index (χ3n) is 4.38. The third kappa shape index (κ3) is 6.86. The number of amides is 2. The molecule has 1 saturated heterocycles. The minimum Gasteiger partial charge on any atom is -0.490 e. The highest BCUT2D eigenvalue weighted by Crippen LogP contribution is 2.35. The van der Waals surface area contributed by atoms with Crippen LogP contribution in [0.5, 0.6) is 11.5 Å². The molecule has 33 heavy (non-hydrogen) atoms. The number of nitrogens with zero attached hydrogens (tertiary/aromatic N) is 1. The number of benzene rings is 2. The topological polar surface area (TPSA) is 82.1 Å². The SMILES string of the molecule is CCOc1cc(C=C2SC(=O)N(CC(=O)OC(C)(C)C)C2=O)ccc1OCc1ccccc1. The number of esters is 1. The zero-order chi connectivity index (χ0) is 24.0. The third-order valence-corrected chi connectivity index (χ3v) is 5.29. The average Bonchev–Trinajstić information content (AvgIpc) is 3.00. The van der Waals surface area contributed by atoms with Crippen LogP contribution >= 0.6 is 11.8 Å². The van der Waals surface area contributed by atoms with E-state index >= 15 is 0 Å². The van der Waals surface area contributed by atoms with E-state index < -0.39 is 29.3 Å². The molecule has 1 aliphatic rings. The maximum Gasteiger partial charge on any atom is 0.326 e. The molecular weight excluding hydrogens is 442 g/mol. The Balaban J connectivity index is 1.74. The van der Waals surface area contributed by atoms with Crippen LogP contribution in [0.1, 0.15) is 38.8 Å². The predicted molar refractivity (Wildman–Crippen MR) is 127 cm³/mol. The summed E-state index contributed by atoms with van der Waals surface area (Å²) in [7, 11) is 0. The molecule has 0 saturated carbocycles. The van der Waals surface area contributed by atoms with Crippen molar-refractivity contribution in [2.24, 2.45) is 0 Å². The lowest BCUT2D eigenvalue weighted by atomic mass is 10.1. The molecule has 2 amide bonds. The first-order valence-corrected chi connectivity index (χ1v) is 11.4. The first kappa shape index (κ1) is 24.4. The van der Waals surface area contributed by atoms with Crippen molar-refractivity contribution < 1.29 is 28.6 Å². The van der Waals surface area contributed by atoms with Crippen molar-refractivity contribution in [1.29, 1.82) is 0 Å². The highest BCUT2D eigenvalue weighted by atomic mass is 32.2. The van der Waals surface area contributed by atoms with E-state index in [1.54, 1.807) is 45.0 Å². The lowest BCUT2D eigenvalue weighted by molar-refractivity contribution is -0.156. The summed E-state index contributed by atoms with van der Waals surface area (Å²) in [4.78, 5) is 38.2. The molecule has 1 aliphatic heterocycles. The summed E-state index contributed by atoms with van der Waals surface area (Å²) in [6, 6.07) is 15.1. The van der Waals surface area contributed by atoms with Gasteiger partial charge in [0.2, 0.25) is 0 Å². The summed E-state index contributed by atoms with van der Waals surface area (Å²) in [5.74, 6) is -0.0473. The summed E-state index contributed by atoms with van der Waals surface area (Å²) < 4.78 is 16.8. The van der Waals surface area contributed by atoms with Crippen molar-refractivity contribution in [2.45, 2.75) is 39.9 Å². The van der Waals surface area contributed by atoms with Crippen LogP contribution in [-0.2, 0) is 20.9 Å². The molecule has 0 aliphatic carbocycles. The van der Waals surface area contributed by atoms with Gasteiger partial charge in [-0.15, -0.1) is 0 Å². The Kier molecular flexibility index (Phi) is 7.81. The zero-order valence-corrected chi connectivity index (χ0v) is 19.9. The maximum absolute atomic E-state index is 12.7. The van der Waals surface area contributed by atoms with Crippen molar-refractivity contribution in [3.63, 3.8) is 0 Å². The first-order valence-electron chi connectivity index (χ1n) is 10.6. The van der Waals surface area contributed by atoms with Gasteiger partial charge in [0.05, 0.1) is 11.5 Å². The molecule has 0 bridgehead atoms. The van der Waals surface area contributed by atoms with Gasteiger partial charge in [-0.3, -0.25) is 19.3 Å². The molecule has 174 valence electrons. The van der Waals surface area contributed by atoms with E-state index in [4.69, 9.17) is 14.2 Å². The Morgan fingerprint density at radius 3 is 2.42 bits per heavy atom. The van der Waals surface area contributed by atoms with Crippen molar-refractivity contribution in [3.05, 3.63) is 64.6 Å². The van der Waals surface area contributed by atoms with Crippen LogP contribution in [-0.4, -0.2) is 40.8 Å². The monoisotopic (exact) mass is 469 g/mol. The summed E-state index contributed by atoms with van der Waals surface area (Å²) >= 11 is 0.786. The number of ether oxygens (including phenoxy) is 3. The van der Waals surface area contributed by atoms with Gasteiger partial charge in [-0.25, -0.2) is 0 Å². The lowest BCUT2D eigenvalue weighted by Crippen LogP contribution is -2.37. The number of hydrogen-bond acceptors (Lipinski definition) is 7. The largest absolute Gasteiger partial charge is 0.490 e. The van der Waals surface area contributed by atoms with Gasteiger partial charge in [0.15, 0.2) is 11.5 Å².